The minimum absolute atomic E-state index is 0.218. The maximum absolute atomic E-state index is 5.29. The topological polar surface area (TPSA) is 57.1 Å². The van der Waals surface area contributed by atoms with Crippen molar-refractivity contribution in [2.75, 3.05) is 14.2 Å². The molecule has 0 spiro atoms. The minimum atomic E-state index is -2.64. The maximum Gasteiger partial charge on any atom is 0.322 e. The van der Waals surface area contributed by atoms with Gasteiger partial charge in [-0.05, 0) is 20.7 Å². The van der Waals surface area contributed by atoms with Crippen molar-refractivity contribution < 1.29 is 9.47 Å². The molecule has 0 saturated carbocycles. The molecule has 0 aliphatic rings. The molecule has 0 atom stereocenters. The lowest BCUT2D eigenvalue weighted by Gasteiger charge is -2.34. The fourth-order valence-corrected chi connectivity index (χ4v) is 9.40. The van der Waals surface area contributed by atoms with Crippen LogP contribution in [0.1, 0.15) is 0 Å². The van der Waals surface area contributed by atoms with Crippen molar-refractivity contribution in [3.63, 3.8) is 0 Å². The van der Waals surface area contributed by atoms with E-state index in [1.54, 1.807) is 0 Å². The highest BCUT2D eigenvalue weighted by Gasteiger charge is 2.41. The maximum atomic E-state index is 5.29. The Hall–Kier alpha value is -4.29. The van der Waals surface area contributed by atoms with Crippen molar-refractivity contribution in [2.45, 2.75) is 0 Å². The quantitative estimate of drug-likeness (QED) is 0.268. The van der Waals surface area contributed by atoms with Crippen LogP contribution in [0.15, 0.2) is 115 Å². The van der Waals surface area contributed by atoms with Crippen molar-refractivity contribution in [1.29, 1.82) is 0 Å². The number of ether oxygens (including phenoxy) is 2. The highest BCUT2D eigenvalue weighted by molar-refractivity contribution is 7.19. The van der Waals surface area contributed by atoms with E-state index in [9.17, 15) is 0 Å². The van der Waals surface area contributed by atoms with E-state index >= 15 is 0 Å². The Balaban J connectivity index is 1.81. The second kappa shape index (κ2) is 9.91. The Morgan fingerprint density at radius 2 is 0.914 bits per heavy atom. The monoisotopic (exact) mass is 475 g/mol. The molecular weight excluding hydrogens is 450 g/mol. The molecule has 0 N–H and O–H groups in total. The molecule has 5 nitrogen and oxygen atoms in total. The summed E-state index contributed by atoms with van der Waals surface area (Å²) in [6.07, 6.45) is 0. The highest BCUT2D eigenvalue weighted by Crippen LogP contribution is 2.20. The lowest BCUT2D eigenvalue weighted by molar-refractivity contribution is 0.341. The zero-order valence-electron chi connectivity index (χ0n) is 19.6. The van der Waals surface area contributed by atoms with Crippen LogP contribution in [0.2, 0.25) is 0 Å². The molecule has 0 saturated heterocycles. The van der Waals surface area contributed by atoms with Crippen molar-refractivity contribution in [3.8, 4) is 23.4 Å². The van der Waals surface area contributed by atoms with Crippen molar-refractivity contribution in [2.24, 2.45) is 0 Å². The smallest absolute Gasteiger partial charge is 0.322 e. The first-order valence-corrected chi connectivity index (χ1v) is 13.4. The van der Waals surface area contributed by atoms with Crippen LogP contribution in [0.25, 0.3) is 11.4 Å². The normalized spacial score (nSPS) is 11.1. The number of hydrogen-bond acceptors (Lipinski definition) is 5. The zero-order chi connectivity index (χ0) is 24.1. The number of methoxy groups -OCH3 is 2. The van der Waals surface area contributed by atoms with Crippen LogP contribution >= 0.6 is 0 Å². The second-order valence-corrected chi connectivity index (χ2v) is 11.9. The molecule has 0 fully saturated rings. The second-order valence-electron chi connectivity index (χ2n) is 8.06. The molecule has 1 aromatic heterocycles. The number of rotatable bonds is 7. The molecule has 1 heterocycles. The molecule has 6 heteroatoms. The summed E-state index contributed by atoms with van der Waals surface area (Å²) in [5.74, 6) is 0.507. The van der Waals surface area contributed by atoms with Gasteiger partial charge in [0.25, 0.3) is 0 Å². The third kappa shape index (κ3) is 4.20. The van der Waals surface area contributed by atoms with Crippen molar-refractivity contribution >= 4 is 28.8 Å². The predicted molar refractivity (Wildman–Crippen MR) is 142 cm³/mol. The van der Waals surface area contributed by atoms with Gasteiger partial charge in [0.2, 0.25) is 0 Å². The van der Waals surface area contributed by atoms with Gasteiger partial charge in [0, 0.05) is 5.56 Å². The standard InChI is InChI=1S/C29H25N3O2Si/c1-33-28-30-27(31-29(32-28)34-2)22-13-12-20-26(21-22)35(23-14-6-3-7-15-23,24-16-8-4-9-17-24)25-18-10-5-11-19-25/h3-21H,1-2H3. The van der Waals surface area contributed by atoms with Crippen LogP contribution in [0.5, 0.6) is 12.0 Å². The van der Waals surface area contributed by atoms with Crippen LogP contribution < -0.4 is 30.2 Å². The Labute approximate surface area is 206 Å². The molecule has 0 aliphatic carbocycles. The molecule has 0 amide bonds. The zero-order valence-corrected chi connectivity index (χ0v) is 20.6. The number of aromatic nitrogens is 3. The average Bonchev–Trinajstić information content (AvgIpc) is 2.95. The molecule has 0 aliphatic heterocycles. The lowest BCUT2D eigenvalue weighted by atomic mass is 10.2. The van der Waals surface area contributed by atoms with Gasteiger partial charge in [-0.2, -0.15) is 9.97 Å². The summed E-state index contributed by atoms with van der Waals surface area (Å²) in [5, 5.41) is 5.15. The largest absolute Gasteiger partial charge is 0.467 e. The number of hydrogen-bond donors (Lipinski definition) is 0. The first kappa shape index (κ1) is 22.5. The van der Waals surface area contributed by atoms with E-state index in [0.717, 1.165) is 5.56 Å². The average molecular weight is 476 g/mol. The number of nitrogens with zero attached hydrogens (tertiary/aromatic N) is 3. The summed E-state index contributed by atoms with van der Waals surface area (Å²) in [7, 11) is 0.428. The lowest BCUT2D eigenvalue weighted by Crippen LogP contribution is -2.74. The summed E-state index contributed by atoms with van der Waals surface area (Å²) >= 11 is 0. The van der Waals surface area contributed by atoms with Gasteiger partial charge in [-0.15, -0.1) is 4.98 Å². The van der Waals surface area contributed by atoms with E-state index in [0.29, 0.717) is 5.82 Å². The Morgan fingerprint density at radius 3 is 1.34 bits per heavy atom. The van der Waals surface area contributed by atoms with E-state index in [4.69, 9.17) is 9.47 Å². The van der Waals surface area contributed by atoms with E-state index in [2.05, 4.69) is 124 Å². The van der Waals surface area contributed by atoms with Crippen LogP contribution in [0.4, 0.5) is 0 Å². The molecule has 4 aromatic carbocycles. The van der Waals surface area contributed by atoms with Gasteiger partial charge in [-0.1, -0.05) is 115 Å². The van der Waals surface area contributed by atoms with E-state index in [-0.39, 0.29) is 12.0 Å². The van der Waals surface area contributed by atoms with Crippen LogP contribution in [0, 0.1) is 0 Å². The van der Waals surface area contributed by atoms with Gasteiger partial charge < -0.3 is 9.47 Å². The van der Waals surface area contributed by atoms with Gasteiger partial charge in [0.1, 0.15) is 0 Å². The Morgan fingerprint density at radius 1 is 0.486 bits per heavy atom. The molecule has 35 heavy (non-hydrogen) atoms. The van der Waals surface area contributed by atoms with E-state index in [1.807, 2.05) is 6.07 Å². The van der Waals surface area contributed by atoms with Gasteiger partial charge in [-0.25, -0.2) is 0 Å². The van der Waals surface area contributed by atoms with Crippen LogP contribution in [-0.4, -0.2) is 37.2 Å². The molecular formula is C29H25N3O2Si. The molecule has 0 unspecified atom stereocenters. The van der Waals surface area contributed by atoms with E-state index < -0.39 is 8.07 Å². The summed E-state index contributed by atoms with van der Waals surface area (Å²) in [6.45, 7) is 0. The van der Waals surface area contributed by atoms with Crippen molar-refractivity contribution in [3.05, 3.63) is 115 Å². The first-order valence-electron chi connectivity index (χ1n) is 11.4. The highest BCUT2D eigenvalue weighted by atomic mass is 28.3. The van der Waals surface area contributed by atoms with Crippen LogP contribution in [-0.2, 0) is 0 Å². The molecule has 0 radical (unpaired) electrons. The van der Waals surface area contributed by atoms with E-state index in [1.165, 1.54) is 35.0 Å². The summed E-state index contributed by atoms with van der Waals surface area (Å²) in [6, 6.07) is 41.3. The Bertz CT molecular complexity index is 1300. The minimum Gasteiger partial charge on any atom is -0.467 e. The molecule has 172 valence electrons. The summed E-state index contributed by atoms with van der Waals surface area (Å²) in [4.78, 5) is 13.2. The van der Waals surface area contributed by atoms with Crippen molar-refractivity contribution in [1.82, 2.24) is 15.0 Å². The number of benzene rings is 4. The predicted octanol–water partition coefficient (Wildman–Crippen LogP) is 2.93. The summed E-state index contributed by atoms with van der Waals surface area (Å²) in [5.41, 5.74) is 0.876. The molecule has 5 aromatic rings. The fraction of sp³-hybridized carbons (Fsp3) is 0.0690. The fourth-order valence-electron chi connectivity index (χ4n) is 4.61. The van der Waals surface area contributed by atoms with Gasteiger partial charge >= 0.3 is 12.0 Å². The van der Waals surface area contributed by atoms with Crippen LogP contribution in [0.3, 0.4) is 0 Å². The molecule has 5 rings (SSSR count). The van der Waals surface area contributed by atoms with Gasteiger partial charge in [0.15, 0.2) is 13.9 Å². The third-order valence-corrected chi connectivity index (χ3v) is 10.9. The van der Waals surface area contributed by atoms with Gasteiger partial charge in [0.05, 0.1) is 14.2 Å². The van der Waals surface area contributed by atoms with Gasteiger partial charge in [-0.3, -0.25) is 0 Å². The Kier molecular flexibility index (Phi) is 6.37. The summed E-state index contributed by atoms with van der Waals surface area (Å²) < 4.78 is 10.6. The molecule has 0 bridgehead atoms. The SMILES string of the molecule is COc1nc(OC)nc(-c2cccc([Si](c3ccccc3)(c3ccccc3)c3ccccc3)c2)n1. The first-order chi connectivity index (χ1) is 17.3. The third-order valence-electron chi connectivity index (χ3n) is 6.13.